The van der Waals surface area contributed by atoms with E-state index in [4.69, 9.17) is 10.5 Å². The fourth-order valence-electron chi connectivity index (χ4n) is 1.48. The van der Waals surface area contributed by atoms with Crippen LogP contribution in [0.1, 0.15) is 0 Å². The first-order valence-corrected chi connectivity index (χ1v) is 6.88. The molecule has 0 spiro atoms. The number of benzene rings is 1. The molecule has 0 aliphatic carbocycles. The van der Waals surface area contributed by atoms with Crippen LogP contribution >= 0.6 is 0 Å². The van der Waals surface area contributed by atoms with E-state index >= 15 is 0 Å². The third-order valence-corrected chi connectivity index (χ3v) is 3.78. The van der Waals surface area contributed by atoms with Gasteiger partial charge in [-0.25, -0.2) is 13.4 Å². The lowest BCUT2D eigenvalue weighted by molar-refractivity contribution is 0.400. The molecule has 0 atom stereocenters. The van der Waals surface area contributed by atoms with Crippen LogP contribution in [0.25, 0.3) is 0 Å². The molecule has 0 aliphatic heterocycles. The van der Waals surface area contributed by atoms with E-state index in [1.54, 1.807) is 12.1 Å². The standard InChI is InChI=1S/C12H13N3O3S/c1-18-12-11(3-2-8-14-12)15-19(16,17)10-6-4-9(13)5-7-10/h2-8,15H,13H2,1H3. The predicted octanol–water partition coefficient (Wildman–Crippen LogP) is 1.47. The SMILES string of the molecule is COc1ncccc1NS(=O)(=O)c1ccc(N)cc1. The quantitative estimate of drug-likeness (QED) is 0.826. The summed E-state index contributed by atoms with van der Waals surface area (Å²) in [6.45, 7) is 0. The predicted molar refractivity (Wildman–Crippen MR) is 72.5 cm³/mol. The first kappa shape index (κ1) is 13.2. The molecule has 0 bridgehead atoms. The van der Waals surface area contributed by atoms with Crippen molar-refractivity contribution in [2.75, 3.05) is 17.6 Å². The molecule has 0 radical (unpaired) electrons. The van der Waals surface area contributed by atoms with Gasteiger partial charge >= 0.3 is 0 Å². The third-order valence-electron chi connectivity index (χ3n) is 2.40. The van der Waals surface area contributed by atoms with E-state index in [0.717, 1.165) is 0 Å². The minimum Gasteiger partial charge on any atom is -0.480 e. The van der Waals surface area contributed by atoms with Crippen LogP contribution < -0.4 is 15.2 Å². The van der Waals surface area contributed by atoms with Gasteiger partial charge in [0.25, 0.3) is 10.0 Å². The van der Waals surface area contributed by atoms with Crippen LogP contribution in [0.3, 0.4) is 0 Å². The Balaban J connectivity index is 2.34. The Labute approximate surface area is 111 Å². The largest absolute Gasteiger partial charge is 0.480 e. The van der Waals surface area contributed by atoms with Crippen molar-refractivity contribution in [3.63, 3.8) is 0 Å². The second-order valence-corrected chi connectivity index (χ2v) is 5.42. The molecule has 0 fully saturated rings. The molecular formula is C12H13N3O3S. The first-order chi connectivity index (χ1) is 9.03. The summed E-state index contributed by atoms with van der Waals surface area (Å²) in [4.78, 5) is 4.04. The average Bonchev–Trinajstić information content (AvgIpc) is 2.39. The number of aromatic nitrogens is 1. The number of anilines is 2. The molecule has 3 N–H and O–H groups in total. The van der Waals surface area contributed by atoms with E-state index in [1.807, 2.05) is 0 Å². The summed E-state index contributed by atoms with van der Waals surface area (Å²) < 4.78 is 31.7. The zero-order valence-electron chi connectivity index (χ0n) is 10.2. The van der Waals surface area contributed by atoms with Gasteiger partial charge in [0.1, 0.15) is 5.69 Å². The van der Waals surface area contributed by atoms with Crippen LogP contribution in [-0.2, 0) is 10.0 Å². The number of nitrogen functional groups attached to an aromatic ring is 1. The molecule has 19 heavy (non-hydrogen) atoms. The van der Waals surface area contributed by atoms with Crippen LogP contribution in [0, 0.1) is 0 Å². The van der Waals surface area contributed by atoms with Crippen LogP contribution in [0.4, 0.5) is 11.4 Å². The molecular weight excluding hydrogens is 266 g/mol. The summed E-state index contributed by atoms with van der Waals surface area (Å²) in [5.74, 6) is 0.210. The van der Waals surface area contributed by atoms with E-state index in [0.29, 0.717) is 5.69 Å². The van der Waals surface area contributed by atoms with Crippen molar-refractivity contribution >= 4 is 21.4 Å². The van der Waals surface area contributed by atoms with Crippen LogP contribution in [0.2, 0.25) is 0 Å². The van der Waals surface area contributed by atoms with Crippen molar-refractivity contribution in [2.24, 2.45) is 0 Å². The maximum atomic E-state index is 12.1. The number of nitrogens with two attached hydrogens (primary N) is 1. The van der Waals surface area contributed by atoms with Crippen molar-refractivity contribution in [3.05, 3.63) is 42.6 Å². The highest BCUT2D eigenvalue weighted by Crippen LogP contribution is 2.23. The number of pyridine rings is 1. The summed E-state index contributed by atoms with van der Waals surface area (Å²) in [6.07, 6.45) is 1.51. The van der Waals surface area contributed by atoms with Gasteiger partial charge < -0.3 is 10.5 Å². The lowest BCUT2D eigenvalue weighted by Crippen LogP contribution is -2.14. The summed E-state index contributed by atoms with van der Waals surface area (Å²) in [5, 5.41) is 0. The van der Waals surface area contributed by atoms with Crippen molar-refractivity contribution in [1.82, 2.24) is 4.98 Å². The fourth-order valence-corrected chi connectivity index (χ4v) is 2.54. The Bertz CT molecular complexity index is 669. The van der Waals surface area contributed by atoms with Gasteiger partial charge in [-0.05, 0) is 36.4 Å². The van der Waals surface area contributed by atoms with E-state index in [2.05, 4.69) is 9.71 Å². The Morgan fingerprint density at radius 1 is 1.21 bits per heavy atom. The molecule has 1 heterocycles. The smallest absolute Gasteiger partial charge is 0.262 e. The van der Waals surface area contributed by atoms with Crippen molar-refractivity contribution in [1.29, 1.82) is 0 Å². The van der Waals surface area contributed by atoms with Crippen molar-refractivity contribution in [2.45, 2.75) is 4.90 Å². The van der Waals surface area contributed by atoms with Gasteiger partial charge in [0, 0.05) is 11.9 Å². The minimum absolute atomic E-state index is 0.118. The number of methoxy groups -OCH3 is 1. The van der Waals surface area contributed by atoms with Crippen LogP contribution in [-0.4, -0.2) is 20.5 Å². The average molecular weight is 279 g/mol. The highest BCUT2D eigenvalue weighted by atomic mass is 32.2. The first-order valence-electron chi connectivity index (χ1n) is 5.40. The summed E-state index contributed by atoms with van der Waals surface area (Å²) >= 11 is 0. The highest BCUT2D eigenvalue weighted by Gasteiger charge is 2.16. The zero-order chi connectivity index (χ0) is 13.9. The van der Waals surface area contributed by atoms with Crippen molar-refractivity contribution < 1.29 is 13.2 Å². The van der Waals surface area contributed by atoms with Crippen LogP contribution in [0.15, 0.2) is 47.5 Å². The summed E-state index contributed by atoms with van der Waals surface area (Å²) in [7, 11) is -2.27. The molecule has 0 saturated heterocycles. The van der Waals surface area contributed by atoms with E-state index in [1.165, 1.54) is 37.6 Å². The second-order valence-electron chi connectivity index (χ2n) is 3.73. The van der Waals surface area contributed by atoms with Gasteiger partial charge in [-0.1, -0.05) is 0 Å². The normalized spacial score (nSPS) is 11.0. The van der Waals surface area contributed by atoms with Gasteiger partial charge in [-0.2, -0.15) is 0 Å². The third kappa shape index (κ3) is 2.94. The Morgan fingerprint density at radius 2 is 1.89 bits per heavy atom. The molecule has 7 heteroatoms. The number of hydrogen-bond acceptors (Lipinski definition) is 5. The van der Waals surface area contributed by atoms with Gasteiger partial charge in [0.15, 0.2) is 0 Å². The molecule has 0 saturated carbocycles. The Morgan fingerprint density at radius 3 is 2.53 bits per heavy atom. The Kier molecular flexibility index (Phi) is 3.57. The molecule has 2 aromatic rings. The molecule has 1 aromatic heterocycles. The Hall–Kier alpha value is -2.28. The van der Waals surface area contributed by atoms with Crippen LogP contribution in [0.5, 0.6) is 5.88 Å². The number of nitrogens with zero attached hydrogens (tertiary/aromatic N) is 1. The molecule has 2 rings (SSSR count). The van der Waals surface area contributed by atoms with Gasteiger partial charge in [-0.15, -0.1) is 0 Å². The molecule has 0 amide bonds. The lowest BCUT2D eigenvalue weighted by atomic mass is 10.3. The number of sulfonamides is 1. The van der Waals surface area contributed by atoms with Gasteiger partial charge in [0.05, 0.1) is 12.0 Å². The topological polar surface area (TPSA) is 94.3 Å². The molecule has 6 nitrogen and oxygen atoms in total. The maximum absolute atomic E-state index is 12.1. The van der Waals surface area contributed by atoms with Gasteiger partial charge in [0.2, 0.25) is 5.88 Å². The monoisotopic (exact) mass is 279 g/mol. The molecule has 100 valence electrons. The number of ether oxygens (including phenoxy) is 1. The summed E-state index contributed by atoms with van der Waals surface area (Å²) in [5.41, 5.74) is 6.30. The minimum atomic E-state index is -3.69. The molecule has 0 aliphatic rings. The lowest BCUT2D eigenvalue weighted by Gasteiger charge is -2.10. The van der Waals surface area contributed by atoms with Gasteiger partial charge in [-0.3, -0.25) is 4.72 Å². The molecule has 1 aromatic carbocycles. The maximum Gasteiger partial charge on any atom is 0.262 e. The van der Waals surface area contributed by atoms with E-state index in [-0.39, 0.29) is 16.5 Å². The van der Waals surface area contributed by atoms with Crippen molar-refractivity contribution in [3.8, 4) is 5.88 Å². The van der Waals surface area contributed by atoms with E-state index < -0.39 is 10.0 Å². The zero-order valence-corrected chi connectivity index (χ0v) is 11.0. The number of hydrogen-bond donors (Lipinski definition) is 2. The number of rotatable bonds is 4. The number of nitrogens with one attached hydrogen (secondary N) is 1. The fraction of sp³-hybridized carbons (Fsp3) is 0.0833. The highest BCUT2D eigenvalue weighted by molar-refractivity contribution is 7.92. The summed E-state index contributed by atoms with van der Waals surface area (Å²) in [6, 6.07) is 9.09. The van der Waals surface area contributed by atoms with E-state index in [9.17, 15) is 8.42 Å². The molecule has 0 unspecified atom stereocenters. The second kappa shape index (κ2) is 5.15.